The Kier molecular flexibility index (Phi) is 6.23. The SMILES string of the molecule is CC1OCC1(CN)c1c(N)[nH]c2ccccc12.COc1cc(N2CC(F)(F)C2)c(C2CC2)nc1C(=O)O. The number of aromatic nitrogens is 2. The summed E-state index contributed by atoms with van der Waals surface area (Å²) in [7, 11) is 1.34. The topological polar surface area (TPSA) is 140 Å². The average Bonchev–Trinajstić information content (AvgIpc) is 3.65. The van der Waals surface area contributed by atoms with E-state index in [0.29, 0.717) is 30.4 Å². The number of carbonyl (C=O) groups is 1. The molecule has 11 heteroatoms. The fourth-order valence-corrected chi connectivity index (χ4v) is 5.15. The molecule has 2 unspecified atom stereocenters. The Hall–Kier alpha value is -3.44. The molecule has 0 bridgehead atoms. The van der Waals surface area contributed by atoms with Crippen LogP contribution in [0.3, 0.4) is 0 Å². The van der Waals surface area contributed by atoms with Crippen molar-refractivity contribution in [3.8, 4) is 5.75 Å². The molecular formula is C26H31F2N5O4. The summed E-state index contributed by atoms with van der Waals surface area (Å²) in [5.41, 5.74) is 15.1. The zero-order valence-corrected chi connectivity index (χ0v) is 20.8. The van der Waals surface area contributed by atoms with Gasteiger partial charge in [0.25, 0.3) is 5.92 Å². The second kappa shape index (κ2) is 9.14. The summed E-state index contributed by atoms with van der Waals surface area (Å²) in [5, 5.41) is 10.3. The molecule has 9 nitrogen and oxygen atoms in total. The van der Waals surface area contributed by atoms with Gasteiger partial charge in [0.2, 0.25) is 0 Å². The van der Waals surface area contributed by atoms with Gasteiger partial charge in [-0.3, -0.25) is 0 Å². The van der Waals surface area contributed by atoms with Gasteiger partial charge in [-0.05, 0) is 25.8 Å². The number of hydrogen-bond donors (Lipinski definition) is 4. The summed E-state index contributed by atoms with van der Waals surface area (Å²) < 4.78 is 36.6. The van der Waals surface area contributed by atoms with E-state index in [1.54, 1.807) is 0 Å². The van der Waals surface area contributed by atoms with Crippen molar-refractivity contribution in [2.24, 2.45) is 5.73 Å². The fraction of sp³-hybridized carbons (Fsp3) is 0.462. The summed E-state index contributed by atoms with van der Waals surface area (Å²) >= 11 is 0. The van der Waals surface area contributed by atoms with Gasteiger partial charge in [-0.1, -0.05) is 18.2 Å². The summed E-state index contributed by atoms with van der Waals surface area (Å²) in [6.07, 6.45) is 1.94. The minimum atomic E-state index is -2.68. The second-order valence-electron chi connectivity index (χ2n) is 10.0. The third kappa shape index (κ3) is 4.36. The number of aromatic amines is 1. The first kappa shape index (κ1) is 25.2. The highest BCUT2D eigenvalue weighted by atomic mass is 19.3. The number of para-hydroxylation sites is 1. The molecule has 2 atom stereocenters. The number of fused-ring (bicyclic) bond motifs is 1. The minimum Gasteiger partial charge on any atom is -0.494 e. The summed E-state index contributed by atoms with van der Waals surface area (Å²) in [6.45, 7) is 2.54. The highest BCUT2D eigenvalue weighted by Gasteiger charge is 2.49. The van der Waals surface area contributed by atoms with Crippen LogP contribution in [0, 0.1) is 0 Å². The lowest BCUT2D eigenvalue weighted by molar-refractivity contribution is -0.123. The molecule has 0 spiro atoms. The molecule has 2 saturated heterocycles. The van der Waals surface area contributed by atoms with Gasteiger partial charge in [0.15, 0.2) is 11.4 Å². The number of anilines is 2. The van der Waals surface area contributed by atoms with Crippen molar-refractivity contribution in [2.75, 3.05) is 44.0 Å². The lowest BCUT2D eigenvalue weighted by atomic mass is 9.72. The van der Waals surface area contributed by atoms with Crippen LogP contribution in [-0.2, 0) is 10.2 Å². The number of carboxylic acid groups (broad SMARTS) is 1. The summed E-state index contributed by atoms with van der Waals surface area (Å²) in [6, 6.07) is 9.65. The smallest absolute Gasteiger partial charge is 0.358 e. The molecule has 6 N–H and O–H groups in total. The van der Waals surface area contributed by atoms with Gasteiger partial charge in [0, 0.05) is 35.0 Å². The molecule has 3 aliphatic rings. The second-order valence-corrected chi connectivity index (χ2v) is 10.0. The molecule has 3 aromatic rings. The van der Waals surface area contributed by atoms with E-state index in [-0.39, 0.29) is 42.0 Å². The Bertz CT molecular complexity index is 1330. The van der Waals surface area contributed by atoms with Gasteiger partial charge in [-0.2, -0.15) is 0 Å². The number of halogens is 2. The van der Waals surface area contributed by atoms with Crippen molar-refractivity contribution in [2.45, 2.75) is 43.1 Å². The Labute approximate surface area is 212 Å². The van der Waals surface area contributed by atoms with Gasteiger partial charge in [0.05, 0.1) is 49.7 Å². The van der Waals surface area contributed by atoms with Crippen molar-refractivity contribution in [1.29, 1.82) is 0 Å². The molecule has 1 saturated carbocycles. The molecule has 1 aliphatic carbocycles. The highest BCUT2D eigenvalue weighted by Crippen LogP contribution is 2.47. The number of benzene rings is 1. The van der Waals surface area contributed by atoms with Crippen LogP contribution in [0.5, 0.6) is 5.75 Å². The Morgan fingerprint density at radius 1 is 1.32 bits per heavy atom. The van der Waals surface area contributed by atoms with Crippen LogP contribution < -0.4 is 21.1 Å². The number of nitrogens with zero attached hydrogens (tertiary/aromatic N) is 2. The third-order valence-corrected chi connectivity index (χ3v) is 7.53. The third-order valence-electron chi connectivity index (χ3n) is 7.53. The van der Waals surface area contributed by atoms with E-state index in [1.165, 1.54) is 18.1 Å². The maximum absolute atomic E-state index is 13.0. The van der Waals surface area contributed by atoms with Gasteiger partial charge < -0.3 is 35.9 Å². The number of ether oxygens (including phenoxy) is 2. The molecule has 3 fully saturated rings. The van der Waals surface area contributed by atoms with Crippen LogP contribution in [0.2, 0.25) is 0 Å². The number of methoxy groups -OCH3 is 1. The van der Waals surface area contributed by atoms with Crippen LogP contribution in [-0.4, -0.2) is 66.4 Å². The number of nitrogens with one attached hydrogen (secondary N) is 1. The quantitative estimate of drug-likeness (QED) is 0.391. The molecule has 37 heavy (non-hydrogen) atoms. The number of H-pyrrole nitrogens is 1. The molecule has 1 aromatic carbocycles. The van der Waals surface area contributed by atoms with Gasteiger partial charge >= 0.3 is 5.97 Å². The van der Waals surface area contributed by atoms with Crippen LogP contribution in [0.15, 0.2) is 30.3 Å². The zero-order chi connectivity index (χ0) is 26.5. The molecule has 4 heterocycles. The predicted octanol–water partition coefficient (Wildman–Crippen LogP) is 3.49. The molecule has 198 valence electrons. The molecular weight excluding hydrogens is 484 g/mol. The van der Waals surface area contributed by atoms with E-state index in [1.807, 2.05) is 18.2 Å². The molecule has 2 aromatic heterocycles. The number of nitrogens with two attached hydrogens (primary N) is 2. The van der Waals surface area contributed by atoms with Gasteiger partial charge in [-0.15, -0.1) is 0 Å². The first-order chi connectivity index (χ1) is 17.6. The van der Waals surface area contributed by atoms with E-state index >= 15 is 0 Å². The largest absolute Gasteiger partial charge is 0.494 e. The number of aromatic carboxylic acids is 1. The first-order valence-electron chi connectivity index (χ1n) is 12.2. The van der Waals surface area contributed by atoms with Crippen LogP contribution in [0.4, 0.5) is 20.3 Å². The monoisotopic (exact) mass is 515 g/mol. The van der Waals surface area contributed by atoms with E-state index in [9.17, 15) is 13.6 Å². The Morgan fingerprint density at radius 2 is 2.03 bits per heavy atom. The zero-order valence-electron chi connectivity index (χ0n) is 20.8. The normalized spacial score (nSPS) is 24.0. The standard InChI is InChI=1S/C13H14F2N2O3.C13H17N3O/c1-20-9-4-8(17-5-13(14,15)6-17)10(7-2-3-7)16-11(9)12(18)19;1-8-13(6-14,7-17-8)11-9-4-2-3-5-10(9)16-12(11)15/h4,7H,2-3,5-6H2,1H3,(H,18,19);2-5,8,16H,6-7,14-15H2,1H3. The predicted molar refractivity (Wildman–Crippen MR) is 136 cm³/mol. The van der Waals surface area contributed by atoms with Crippen molar-refractivity contribution in [3.63, 3.8) is 0 Å². The number of hydrogen-bond acceptors (Lipinski definition) is 7. The lowest BCUT2D eigenvalue weighted by Gasteiger charge is -2.47. The molecule has 6 rings (SSSR count). The molecule has 0 radical (unpaired) electrons. The van der Waals surface area contributed by atoms with Crippen molar-refractivity contribution in [1.82, 2.24) is 9.97 Å². The number of nitrogen functional groups attached to an aromatic ring is 1. The average molecular weight is 516 g/mol. The van der Waals surface area contributed by atoms with E-state index in [0.717, 1.165) is 29.3 Å². The van der Waals surface area contributed by atoms with E-state index in [4.69, 9.17) is 26.0 Å². The van der Waals surface area contributed by atoms with Crippen molar-refractivity contribution < 1.29 is 28.2 Å². The van der Waals surface area contributed by atoms with Crippen LogP contribution >= 0.6 is 0 Å². The van der Waals surface area contributed by atoms with Crippen molar-refractivity contribution >= 4 is 28.4 Å². The van der Waals surface area contributed by atoms with Crippen LogP contribution in [0.25, 0.3) is 10.9 Å². The van der Waals surface area contributed by atoms with E-state index in [2.05, 4.69) is 23.0 Å². The van der Waals surface area contributed by atoms with E-state index < -0.39 is 11.9 Å². The number of alkyl halides is 2. The molecule has 0 amide bonds. The lowest BCUT2D eigenvalue weighted by Crippen LogP contribution is -2.58. The fourth-order valence-electron chi connectivity index (χ4n) is 5.15. The van der Waals surface area contributed by atoms with Crippen LogP contribution in [0.1, 0.15) is 47.4 Å². The summed E-state index contributed by atoms with van der Waals surface area (Å²) in [4.78, 5) is 20.1. The van der Waals surface area contributed by atoms with Crippen molar-refractivity contribution in [3.05, 3.63) is 47.3 Å². The Morgan fingerprint density at radius 3 is 2.54 bits per heavy atom. The number of carboxylic acids is 1. The summed E-state index contributed by atoms with van der Waals surface area (Å²) in [5.74, 6) is -2.87. The van der Waals surface area contributed by atoms with Gasteiger partial charge in [0.1, 0.15) is 5.82 Å². The maximum atomic E-state index is 13.0. The Balaban J connectivity index is 0.000000153. The first-order valence-corrected chi connectivity index (χ1v) is 12.2. The highest BCUT2D eigenvalue weighted by molar-refractivity contribution is 5.90. The molecule has 2 aliphatic heterocycles. The number of pyridine rings is 1. The maximum Gasteiger partial charge on any atom is 0.358 e. The minimum absolute atomic E-state index is 0.104. The van der Waals surface area contributed by atoms with Gasteiger partial charge in [-0.25, -0.2) is 18.6 Å². The number of rotatable bonds is 6.